The van der Waals surface area contributed by atoms with E-state index >= 15 is 0 Å². The first-order chi connectivity index (χ1) is 9.90. The molecule has 1 amide bonds. The van der Waals surface area contributed by atoms with Crippen molar-refractivity contribution >= 4 is 5.91 Å². The number of hydrogen-bond donors (Lipinski definition) is 1. The van der Waals surface area contributed by atoms with Crippen LogP contribution in [-0.4, -0.2) is 54.1 Å². The molecule has 0 spiro atoms. The molecule has 1 saturated heterocycles. The summed E-state index contributed by atoms with van der Waals surface area (Å²) in [6.45, 7) is 17.3. The molecule has 0 aliphatic carbocycles. The first-order valence-electron chi connectivity index (χ1n) is 8.69. The Balaban J connectivity index is 2.57. The van der Waals surface area contributed by atoms with Gasteiger partial charge in [-0.3, -0.25) is 10.1 Å². The van der Waals surface area contributed by atoms with E-state index in [0.29, 0.717) is 17.7 Å². The van der Waals surface area contributed by atoms with Gasteiger partial charge in [-0.25, -0.2) is 0 Å². The van der Waals surface area contributed by atoms with Crippen LogP contribution in [0.15, 0.2) is 0 Å². The van der Waals surface area contributed by atoms with Crippen molar-refractivity contribution in [2.24, 2.45) is 11.8 Å². The highest BCUT2D eigenvalue weighted by Gasteiger charge is 2.39. The van der Waals surface area contributed by atoms with E-state index in [0.717, 1.165) is 39.0 Å². The van der Waals surface area contributed by atoms with Crippen molar-refractivity contribution < 1.29 is 4.79 Å². The quantitative estimate of drug-likeness (QED) is 0.710. The van der Waals surface area contributed by atoms with E-state index in [9.17, 15) is 4.79 Å². The molecule has 1 N–H and O–H groups in total. The van der Waals surface area contributed by atoms with E-state index in [1.54, 1.807) is 0 Å². The summed E-state index contributed by atoms with van der Waals surface area (Å²) >= 11 is 0. The summed E-state index contributed by atoms with van der Waals surface area (Å²) in [7, 11) is 0. The highest BCUT2D eigenvalue weighted by Crippen LogP contribution is 2.21. The minimum Gasteiger partial charge on any atom is -0.325 e. The van der Waals surface area contributed by atoms with Gasteiger partial charge in [0.15, 0.2) is 0 Å². The molecule has 2 atom stereocenters. The fourth-order valence-corrected chi connectivity index (χ4v) is 3.15. The van der Waals surface area contributed by atoms with E-state index in [4.69, 9.17) is 0 Å². The van der Waals surface area contributed by atoms with Gasteiger partial charge in [0.25, 0.3) is 0 Å². The van der Waals surface area contributed by atoms with Crippen molar-refractivity contribution in [2.75, 3.05) is 26.2 Å². The van der Waals surface area contributed by atoms with E-state index < -0.39 is 0 Å². The lowest BCUT2D eigenvalue weighted by molar-refractivity contribution is -0.130. The molecule has 0 aromatic rings. The lowest BCUT2D eigenvalue weighted by atomic mass is 10.0. The standard InChI is InChI=1S/C17H35N3O/c1-7-19(8-2)10-9-11-20-16(14(5)6)18-15(17(20)21)12-13(3)4/h13-16,18H,7-12H2,1-6H3. The van der Waals surface area contributed by atoms with Gasteiger partial charge < -0.3 is 9.80 Å². The lowest BCUT2D eigenvalue weighted by Gasteiger charge is -2.28. The Labute approximate surface area is 131 Å². The summed E-state index contributed by atoms with van der Waals surface area (Å²) in [6, 6.07) is 0.0193. The first-order valence-corrected chi connectivity index (χ1v) is 8.69. The van der Waals surface area contributed by atoms with Crippen LogP contribution in [0.2, 0.25) is 0 Å². The smallest absolute Gasteiger partial charge is 0.241 e. The Morgan fingerprint density at radius 2 is 1.81 bits per heavy atom. The van der Waals surface area contributed by atoms with Crippen molar-refractivity contribution in [1.29, 1.82) is 0 Å². The third kappa shape index (κ3) is 5.26. The maximum Gasteiger partial charge on any atom is 0.241 e. The molecule has 0 saturated carbocycles. The van der Waals surface area contributed by atoms with Gasteiger partial charge in [-0.05, 0) is 44.3 Å². The Morgan fingerprint density at radius 1 is 1.19 bits per heavy atom. The lowest BCUT2D eigenvalue weighted by Crippen LogP contribution is -2.42. The van der Waals surface area contributed by atoms with E-state index in [2.05, 4.69) is 56.7 Å². The maximum absolute atomic E-state index is 12.6. The minimum atomic E-state index is 0.0193. The van der Waals surface area contributed by atoms with Crippen LogP contribution in [0.25, 0.3) is 0 Å². The molecule has 0 bridgehead atoms. The van der Waals surface area contributed by atoms with Gasteiger partial charge >= 0.3 is 0 Å². The second kappa shape index (κ2) is 8.74. The predicted octanol–water partition coefficient (Wildman–Crippen LogP) is 2.55. The predicted molar refractivity (Wildman–Crippen MR) is 89.1 cm³/mol. The second-order valence-electron chi connectivity index (χ2n) is 6.95. The van der Waals surface area contributed by atoms with Crippen molar-refractivity contribution in [3.63, 3.8) is 0 Å². The zero-order chi connectivity index (χ0) is 16.0. The van der Waals surface area contributed by atoms with Gasteiger partial charge in [-0.1, -0.05) is 41.5 Å². The zero-order valence-corrected chi connectivity index (χ0v) is 14.9. The molecule has 21 heavy (non-hydrogen) atoms. The fourth-order valence-electron chi connectivity index (χ4n) is 3.15. The van der Waals surface area contributed by atoms with Gasteiger partial charge in [0.1, 0.15) is 0 Å². The van der Waals surface area contributed by atoms with Crippen LogP contribution in [0.3, 0.4) is 0 Å². The average Bonchev–Trinajstić information content (AvgIpc) is 2.72. The van der Waals surface area contributed by atoms with E-state index in [1.807, 2.05) is 0 Å². The summed E-state index contributed by atoms with van der Waals surface area (Å²) < 4.78 is 0. The van der Waals surface area contributed by atoms with Crippen molar-refractivity contribution in [1.82, 2.24) is 15.1 Å². The second-order valence-corrected chi connectivity index (χ2v) is 6.95. The SMILES string of the molecule is CCN(CC)CCCN1C(=O)C(CC(C)C)NC1C(C)C. The number of hydrogen-bond acceptors (Lipinski definition) is 3. The monoisotopic (exact) mass is 297 g/mol. The Morgan fingerprint density at radius 3 is 2.29 bits per heavy atom. The van der Waals surface area contributed by atoms with Gasteiger partial charge in [0, 0.05) is 6.54 Å². The summed E-state index contributed by atoms with van der Waals surface area (Å²) in [6.07, 6.45) is 2.21. The number of nitrogens with one attached hydrogen (secondary N) is 1. The molecular formula is C17H35N3O. The highest BCUT2D eigenvalue weighted by molar-refractivity contribution is 5.84. The van der Waals surface area contributed by atoms with Crippen LogP contribution >= 0.6 is 0 Å². The summed E-state index contributed by atoms with van der Waals surface area (Å²) in [5.74, 6) is 1.32. The molecule has 1 rings (SSSR count). The van der Waals surface area contributed by atoms with Crippen molar-refractivity contribution in [3.8, 4) is 0 Å². The van der Waals surface area contributed by atoms with Gasteiger partial charge in [-0.15, -0.1) is 0 Å². The first kappa shape index (κ1) is 18.4. The van der Waals surface area contributed by atoms with Crippen molar-refractivity contribution in [3.05, 3.63) is 0 Å². The van der Waals surface area contributed by atoms with Crippen LogP contribution < -0.4 is 5.32 Å². The van der Waals surface area contributed by atoms with Gasteiger partial charge in [-0.2, -0.15) is 0 Å². The molecule has 4 heteroatoms. The molecule has 124 valence electrons. The fraction of sp³-hybridized carbons (Fsp3) is 0.941. The third-order valence-corrected chi connectivity index (χ3v) is 4.40. The van der Waals surface area contributed by atoms with Crippen LogP contribution in [0.4, 0.5) is 0 Å². The number of rotatable bonds is 9. The number of amides is 1. The van der Waals surface area contributed by atoms with Crippen LogP contribution in [0.1, 0.15) is 54.4 Å². The molecule has 1 aliphatic heterocycles. The Kier molecular flexibility index (Phi) is 7.67. The molecule has 1 fully saturated rings. The van der Waals surface area contributed by atoms with Crippen LogP contribution in [0.5, 0.6) is 0 Å². The number of carbonyl (C=O) groups is 1. The highest BCUT2D eigenvalue weighted by atomic mass is 16.2. The average molecular weight is 297 g/mol. The summed E-state index contributed by atoms with van der Waals surface area (Å²) in [5, 5.41) is 3.55. The number of nitrogens with zero attached hydrogens (tertiary/aromatic N) is 2. The van der Waals surface area contributed by atoms with E-state index in [-0.39, 0.29) is 12.2 Å². The molecule has 4 nitrogen and oxygen atoms in total. The van der Waals surface area contributed by atoms with Crippen LogP contribution in [-0.2, 0) is 4.79 Å². The molecule has 0 aromatic heterocycles. The van der Waals surface area contributed by atoms with E-state index in [1.165, 1.54) is 0 Å². The Hall–Kier alpha value is -0.610. The zero-order valence-electron chi connectivity index (χ0n) is 14.9. The largest absolute Gasteiger partial charge is 0.325 e. The topological polar surface area (TPSA) is 35.6 Å². The van der Waals surface area contributed by atoms with Gasteiger partial charge in [0.2, 0.25) is 5.91 Å². The molecule has 0 radical (unpaired) electrons. The summed E-state index contributed by atoms with van der Waals surface area (Å²) in [4.78, 5) is 17.1. The molecule has 2 unspecified atom stereocenters. The Bertz CT molecular complexity index is 313. The molecule has 1 heterocycles. The summed E-state index contributed by atoms with van der Waals surface area (Å²) in [5.41, 5.74) is 0. The maximum atomic E-state index is 12.6. The van der Waals surface area contributed by atoms with Crippen molar-refractivity contribution in [2.45, 2.75) is 66.6 Å². The molecular weight excluding hydrogens is 262 g/mol. The third-order valence-electron chi connectivity index (χ3n) is 4.40. The van der Waals surface area contributed by atoms with Crippen LogP contribution in [0, 0.1) is 11.8 Å². The van der Waals surface area contributed by atoms with Gasteiger partial charge in [0.05, 0.1) is 12.2 Å². The number of carbonyl (C=O) groups excluding carboxylic acids is 1. The molecule has 0 aromatic carbocycles. The normalized spacial score (nSPS) is 23.1. The minimum absolute atomic E-state index is 0.0193. The molecule has 1 aliphatic rings.